The molecule has 0 saturated heterocycles. The zero-order valence-electron chi connectivity index (χ0n) is 8.90. The van der Waals surface area contributed by atoms with Crippen LogP contribution >= 0.6 is 15.9 Å². The maximum atomic E-state index is 12.6. The Balaban J connectivity index is 3.22. The number of ketones is 1. The molecule has 100 valence electrons. The molecule has 0 fully saturated rings. The van der Waals surface area contributed by atoms with Crippen molar-refractivity contribution in [1.82, 2.24) is 0 Å². The Morgan fingerprint density at radius 3 is 2.33 bits per heavy atom. The van der Waals surface area contributed by atoms with Crippen LogP contribution in [0.5, 0.6) is 0 Å². The summed E-state index contributed by atoms with van der Waals surface area (Å²) in [5, 5.41) is -0.122. The molecule has 1 nitrogen and oxygen atoms in total. The molecule has 1 rings (SSSR count). The van der Waals surface area contributed by atoms with Crippen LogP contribution in [0.25, 0.3) is 0 Å². The van der Waals surface area contributed by atoms with Gasteiger partial charge >= 0.3 is 6.18 Å². The summed E-state index contributed by atoms with van der Waals surface area (Å²) in [6.45, 7) is 0. The van der Waals surface area contributed by atoms with Gasteiger partial charge in [0, 0.05) is 12.0 Å². The highest BCUT2D eigenvalue weighted by atomic mass is 79.9. The van der Waals surface area contributed by atoms with E-state index in [1.807, 2.05) is 0 Å². The fraction of sp³-hybridized carbons (Fsp3) is 0.364. The monoisotopic (exact) mass is 330 g/mol. The Bertz CT molecular complexity index is 442. The van der Waals surface area contributed by atoms with Crippen molar-refractivity contribution in [2.24, 2.45) is 0 Å². The molecule has 1 aromatic rings. The van der Waals surface area contributed by atoms with Gasteiger partial charge in [-0.25, -0.2) is 8.78 Å². The van der Waals surface area contributed by atoms with Crippen molar-refractivity contribution >= 4 is 21.7 Å². The maximum Gasteiger partial charge on any atom is 0.416 e. The van der Waals surface area contributed by atoms with E-state index in [0.29, 0.717) is 6.07 Å². The summed E-state index contributed by atoms with van der Waals surface area (Å²) in [6, 6.07) is 2.03. The summed E-state index contributed by atoms with van der Waals surface area (Å²) in [4.78, 5) is 11.1. The third kappa shape index (κ3) is 3.76. The summed E-state index contributed by atoms with van der Waals surface area (Å²) in [5.74, 6) is -0.507. The lowest BCUT2D eigenvalue weighted by Crippen LogP contribution is -2.13. The Morgan fingerprint density at radius 2 is 1.89 bits per heavy atom. The zero-order chi connectivity index (χ0) is 13.9. The van der Waals surface area contributed by atoms with Crippen LogP contribution in [0.4, 0.5) is 22.0 Å². The number of rotatable bonds is 4. The first-order valence-electron chi connectivity index (χ1n) is 4.81. The van der Waals surface area contributed by atoms with Crippen LogP contribution < -0.4 is 0 Å². The van der Waals surface area contributed by atoms with Gasteiger partial charge in [-0.3, -0.25) is 4.79 Å². The van der Waals surface area contributed by atoms with Crippen molar-refractivity contribution in [3.05, 3.63) is 34.9 Å². The van der Waals surface area contributed by atoms with Gasteiger partial charge in [0.2, 0.25) is 0 Å². The van der Waals surface area contributed by atoms with Gasteiger partial charge in [0.25, 0.3) is 6.43 Å². The lowest BCUT2D eigenvalue weighted by Gasteiger charge is -2.13. The molecule has 1 aromatic carbocycles. The van der Waals surface area contributed by atoms with E-state index in [9.17, 15) is 26.7 Å². The summed E-state index contributed by atoms with van der Waals surface area (Å²) in [7, 11) is 0. The van der Waals surface area contributed by atoms with Crippen LogP contribution in [-0.4, -0.2) is 11.1 Å². The van der Waals surface area contributed by atoms with Crippen molar-refractivity contribution in [3.8, 4) is 0 Å². The molecular weight excluding hydrogens is 323 g/mol. The maximum absolute atomic E-state index is 12.6. The summed E-state index contributed by atoms with van der Waals surface area (Å²) >= 11 is 2.82. The average molecular weight is 331 g/mol. The summed E-state index contributed by atoms with van der Waals surface area (Å²) < 4.78 is 62.7. The second-order valence-electron chi connectivity index (χ2n) is 3.56. The van der Waals surface area contributed by atoms with Crippen LogP contribution in [-0.2, 0) is 17.4 Å². The minimum absolute atomic E-state index is 0.122. The molecule has 0 bridgehead atoms. The predicted octanol–water partition coefficient (Wildman–Crippen LogP) is 4.15. The molecule has 0 radical (unpaired) electrons. The molecule has 0 atom stereocenters. The number of carbonyl (C=O) groups is 1. The lowest BCUT2D eigenvalue weighted by atomic mass is 9.99. The molecule has 0 heterocycles. The van der Waals surface area contributed by atoms with Crippen molar-refractivity contribution in [2.75, 3.05) is 5.33 Å². The second-order valence-corrected chi connectivity index (χ2v) is 4.12. The second kappa shape index (κ2) is 5.77. The molecule has 0 aromatic heterocycles. The van der Waals surface area contributed by atoms with Gasteiger partial charge in [-0.2, -0.15) is 13.2 Å². The van der Waals surface area contributed by atoms with Gasteiger partial charge in [-0.1, -0.05) is 22.0 Å². The van der Waals surface area contributed by atoms with E-state index in [1.165, 1.54) is 0 Å². The normalized spacial score (nSPS) is 11.9. The molecule has 0 unspecified atom stereocenters. The quantitative estimate of drug-likeness (QED) is 0.598. The molecule has 0 aliphatic carbocycles. The van der Waals surface area contributed by atoms with Gasteiger partial charge in [-0.15, -0.1) is 0 Å². The highest BCUT2D eigenvalue weighted by Crippen LogP contribution is 2.34. The van der Waals surface area contributed by atoms with E-state index in [4.69, 9.17) is 0 Å². The standard InChI is InChI=1S/C11H8BrF5O/c12-5-8(18)4-7-3-6(10(13)14)1-2-9(7)11(15,16)17/h1-3,10H,4-5H2. The van der Waals surface area contributed by atoms with Gasteiger partial charge in [0.1, 0.15) is 5.78 Å². The predicted molar refractivity (Wildman–Crippen MR) is 58.9 cm³/mol. The van der Waals surface area contributed by atoms with Crippen LogP contribution in [0.1, 0.15) is 23.1 Å². The smallest absolute Gasteiger partial charge is 0.298 e. The van der Waals surface area contributed by atoms with Crippen LogP contribution in [0.3, 0.4) is 0 Å². The molecule has 0 amide bonds. The van der Waals surface area contributed by atoms with E-state index in [0.717, 1.165) is 12.1 Å². The fourth-order valence-corrected chi connectivity index (χ4v) is 1.63. The average Bonchev–Trinajstić information content (AvgIpc) is 2.27. The molecule has 0 N–H and O–H groups in total. The minimum atomic E-state index is -4.66. The largest absolute Gasteiger partial charge is 0.416 e. The van der Waals surface area contributed by atoms with Crippen molar-refractivity contribution < 1.29 is 26.7 Å². The van der Waals surface area contributed by atoms with Crippen molar-refractivity contribution in [1.29, 1.82) is 0 Å². The van der Waals surface area contributed by atoms with E-state index in [-0.39, 0.29) is 5.33 Å². The molecule has 0 aliphatic rings. The van der Waals surface area contributed by atoms with Crippen LogP contribution in [0.15, 0.2) is 18.2 Å². The Labute approximate surface area is 108 Å². The molecule has 0 saturated carbocycles. The topological polar surface area (TPSA) is 17.1 Å². The van der Waals surface area contributed by atoms with Crippen molar-refractivity contribution in [2.45, 2.75) is 19.0 Å². The zero-order valence-corrected chi connectivity index (χ0v) is 10.5. The minimum Gasteiger partial charge on any atom is -0.298 e. The van der Waals surface area contributed by atoms with Gasteiger partial charge in [0.05, 0.1) is 10.9 Å². The first-order valence-corrected chi connectivity index (χ1v) is 5.93. The van der Waals surface area contributed by atoms with Gasteiger partial charge in [-0.05, 0) is 17.7 Å². The molecule has 0 spiro atoms. The highest BCUT2D eigenvalue weighted by molar-refractivity contribution is 9.09. The highest BCUT2D eigenvalue weighted by Gasteiger charge is 2.34. The third-order valence-corrected chi connectivity index (χ3v) is 2.85. The Hall–Kier alpha value is -0.980. The van der Waals surface area contributed by atoms with Crippen molar-refractivity contribution in [3.63, 3.8) is 0 Å². The third-order valence-electron chi connectivity index (χ3n) is 2.22. The number of alkyl halides is 6. The van der Waals surface area contributed by atoms with Gasteiger partial charge in [0.15, 0.2) is 0 Å². The first-order chi connectivity index (χ1) is 8.25. The number of benzene rings is 1. The Morgan fingerprint density at radius 1 is 1.28 bits per heavy atom. The van der Waals surface area contributed by atoms with E-state index in [2.05, 4.69) is 15.9 Å². The number of carbonyl (C=O) groups excluding carboxylic acids is 1. The van der Waals surface area contributed by atoms with E-state index in [1.54, 1.807) is 0 Å². The molecular formula is C11H8BrF5O. The SMILES string of the molecule is O=C(CBr)Cc1cc(C(F)F)ccc1C(F)(F)F. The Kier molecular flexibility index (Phi) is 4.84. The van der Waals surface area contributed by atoms with Gasteiger partial charge < -0.3 is 0 Å². The fourth-order valence-electron chi connectivity index (χ4n) is 1.43. The number of Topliss-reactive ketones (excluding diaryl/α,β-unsaturated/α-hetero) is 1. The molecule has 18 heavy (non-hydrogen) atoms. The number of hydrogen-bond donors (Lipinski definition) is 0. The number of halogens is 6. The summed E-state index contributed by atoms with van der Waals surface area (Å²) in [5.41, 5.74) is -2.01. The van der Waals surface area contributed by atoms with E-state index >= 15 is 0 Å². The van der Waals surface area contributed by atoms with Crippen LogP contribution in [0, 0.1) is 0 Å². The summed E-state index contributed by atoms with van der Waals surface area (Å²) in [6.07, 6.45) is -8.06. The molecule has 0 aliphatic heterocycles. The molecule has 7 heteroatoms. The first kappa shape index (κ1) is 15.1. The number of hydrogen-bond acceptors (Lipinski definition) is 1. The van der Waals surface area contributed by atoms with Crippen LogP contribution in [0.2, 0.25) is 0 Å². The lowest BCUT2D eigenvalue weighted by molar-refractivity contribution is -0.138. The van der Waals surface area contributed by atoms with E-state index < -0.39 is 41.5 Å².